The fourth-order valence-corrected chi connectivity index (χ4v) is 8.73. The number of ether oxygens (including phenoxy) is 1. The van der Waals surface area contributed by atoms with Crippen LogP contribution in [-0.4, -0.2) is 49.9 Å². The van der Waals surface area contributed by atoms with Gasteiger partial charge in [-0.1, -0.05) is 36.9 Å². The number of aryl methyl sites for hydroxylation is 1. The van der Waals surface area contributed by atoms with Gasteiger partial charge in [0.1, 0.15) is 5.75 Å². The van der Waals surface area contributed by atoms with E-state index in [4.69, 9.17) is 4.74 Å². The highest BCUT2D eigenvalue weighted by Gasteiger charge is 2.20. The molecule has 0 saturated heterocycles. The first-order valence-electron chi connectivity index (χ1n) is 20.4. The Morgan fingerprint density at radius 2 is 1.07 bits per heavy atom. The van der Waals surface area contributed by atoms with E-state index in [1.54, 1.807) is 117 Å². The van der Waals surface area contributed by atoms with Crippen molar-refractivity contribution in [3.05, 3.63) is 187 Å². The van der Waals surface area contributed by atoms with E-state index in [0.29, 0.717) is 55.2 Å². The highest BCUT2D eigenvalue weighted by molar-refractivity contribution is 7.91. The Balaban J connectivity index is 0.876. The summed E-state index contributed by atoms with van der Waals surface area (Å²) in [5.41, 5.74) is 4.51. The minimum atomic E-state index is -3.98. The molecule has 7 rings (SSSR count). The van der Waals surface area contributed by atoms with Crippen LogP contribution in [0.5, 0.6) is 5.75 Å². The third kappa shape index (κ3) is 12.4. The van der Waals surface area contributed by atoms with E-state index in [-0.39, 0.29) is 9.79 Å². The van der Waals surface area contributed by atoms with Gasteiger partial charge in [-0.2, -0.15) is 0 Å². The van der Waals surface area contributed by atoms with Crippen LogP contribution >= 0.6 is 0 Å². The molecule has 2 unspecified atom stereocenters. The average Bonchev–Trinajstić information content (AvgIpc) is 3.32. The van der Waals surface area contributed by atoms with Gasteiger partial charge in [0.05, 0.1) is 26.6 Å². The number of allylic oxidation sites excluding steroid dienone is 1. The number of para-hydroxylation sites is 1. The minimum absolute atomic E-state index is 0.0274. The summed E-state index contributed by atoms with van der Waals surface area (Å²) in [5, 5.41) is 22.0. The summed E-state index contributed by atoms with van der Waals surface area (Å²) in [6.07, 6.45) is 4.21. The van der Waals surface area contributed by atoms with Crippen molar-refractivity contribution in [1.82, 2.24) is 10.6 Å². The predicted octanol–water partition coefficient (Wildman–Crippen LogP) is 9.61. The molecule has 0 aromatic heterocycles. The summed E-state index contributed by atoms with van der Waals surface area (Å²) in [6, 6.07) is 36.2. The number of amides is 7. The molecule has 8 N–H and O–H groups in total. The zero-order valence-corrected chi connectivity index (χ0v) is 37.6. The van der Waals surface area contributed by atoms with E-state index >= 15 is 0 Å². The van der Waals surface area contributed by atoms with Crippen molar-refractivity contribution in [2.24, 2.45) is 0 Å². The van der Waals surface area contributed by atoms with Crippen molar-refractivity contribution >= 4 is 78.9 Å². The van der Waals surface area contributed by atoms with Gasteiger partial charge in [0.25, 0.3) is 0 Å². The molecule has 16 nitrogen and oxygen atoms in total. The smallest absolute Gasteiger partial charge is 0.410 e. The van der Waals surface area contributed by atoms with Gasteiger partial charge in [-0.15, -0.1) is 0 Å². The summed E-state index contributed by atoms with van der Waals surface area (Å²) in [5.74, 6) is 0.373. The monoisotopic (exact) mass is 936 g/mol. The van der Waals surface area contributed by atoms with Crippen molar-refractivity contribution in [1.29, 1.82) is 0 Å². The number of sulfone groups is 1. The molecular formula is C49H44N8O8S2. The second kappa shape index (κ2) is 21.0. The van der Waals surface area contributed by atoms with E-state index in [1.165, 1.54) is 48.5 Å². The number of nitrogens with one attached hydrogen (secondary N) is 8. The van der Waals surface area contributed by atoms with Crippen LogP contribution in [0.1, 0.15) is 5.56 Å². The molecule has 0 heterocycles. The molecule has 0 bridgehead atoms. The fourth-order valence-electron chi connectivity index (χ4n) is 6.44. The lowest BCUT2D eigenvalue weighted by atomic mass is 10.0. The summed E-state index contributed by atoms with van der Waals surface area (Å²) >= 11 is 0. The molecule has 1 aliphatic rings. The molecule has 6 aromatic carbocycles. The Hall–Kier alpha value is -8.48. The topological polar surface area (TPSA) is 225 Å². The number of carbonyl (C=O) groups excluding carboxylic acids is 4. The van der Waals surface area contributed by atoms with Gasteiger partial charge in [0.2, 0.25) is 9.84 Å². The molecule has 7 amide bonds. The van der Waals surface area contributed by atoms with Crippen LogP contribution < -0.4 is 47.3 Å². The molecule has 340 valence electrons. The van der Waals surface area contributed by atoms with Gasteiger partial charge < -0.3 is 42.0 Å². The summed E-state index contributed by atoms with van der Waals surface area (Å²) < 4.78 is 45.2. The molecule has 0 radical (unpaired) electrons. The van der Waals surface area contributed by atoms with Crippen molar-refractivity contribution < 1.29 is 36.5 Å². The number of anilines is 6. The highest BCUT2D eigenvalue weighted by atomic mass is 32.2. The van der Waals surface area contributed by atoms with E-state index in [1.807, 2.05) is 12.1 Å². The van der Waals surface area contributed by atoms with E-state index in [0.717, 1.165) is 11.3 Å². The second-order valence-electron chi connectivity index (χ2n) is 14.7. The number of benzene rings is 6. The standard InChI is InChI=1S/C49H44N8O8S2/c1-31-9-11-37(54-46(58)51-34-15-23-41(24-16-34)66(62)40-21-13-33(50-3)14-22-40)29-44(31)56-48(60)53-36-19-27-43(28-20-36)67(63,64)42-25-17-35(18-26-42)52-47(59)55-38-12-10-32(2)45(30-38)57-49(61)65-39-7-5-4-6-8-39/h4-30,44,50H,1H2,2-3H3,(H,57,61)(H2,51,54,58)(H2,52,55,59)(H2,53,56,60). The van der Waals surface area contributed by atoms with Crippen LogP contribution in [0.15, 0.2) is 201 Å². The lowest BCUT2D eigenvalue weighted by Crippen LogP contribution is -2.39. The maximum atomic E-state index is 13.5. The largest absolute Gasteiger partial charge is 0.417 e. The minimum Gasteiger partial charge on any atom is -0.410 e. The fraction of sp³-hybridized carbons (Fsp3) is 0.0612. The van der Waals surface area contributed by atoms with Crippen molar-refractivity contribution in [2.75, 3.05) is 38.9 Å². The van der Waals surface area contributed by atoms with Crippen molar-refractivity contribution in [3.8, 4) is 5.75 Å². The molecule has 0 aliphatic heterocycles. The Bertz CT molecular complexity index is 3020. The van der Waals surface area contributed by atoms with Crippen LogP contribution in [0.2, 0.25) is 0 Å². The molecule has 67 heavy (non-hydrogen) atoms. The van der Waals surface area contributed by atoms with Gasteiger partial charge in [-0.05, 0) is 152 Å². The van der Waals surface area contributed by atoms with Crippen molar-refractivity contribution in [3.63, 3.8) is 0 Å². The zero-order chi connectivity index (χ0) is 47.5. The highest BCUT2D eigenvalue weighted by Crippen LogP contribution is 2.26. The van der Waals surface area contributed by atoms with Gasteiger partial charge in [-0.25, -0.2) is 31.8 Å². The predicted molar refractivity (Wildman–Crippen MR) is 260 cm³/mol. The van der Waals surface area contributed by atoms with E-state index < -0.39 is 50.9 Å². The maximum Gasteiger partial charge on any atom is 0.417 e. The first-order chi connectivity index (χ1) is 32.2. The number of hydrogen-bond donors (Lipinski definition) is 8. The SMILES string of the molecule is C=C1C=CC(NC(=O)Nc2ccc(S(=O)c3ccc(NC)cc3)cc2)=CC1NC(=O)Nc1ccc(S(=O)(=O)c2ccc(NC(=O)Nc3ccc(C)c(NC(=O)Oc4ccccc4)c3)cc2)cc1. The third-order valence-corrected chi connectivity index (χ3v) is 13.2. The Kier molecular flexibility index (Phi) is 14.6. The quantitative estimate of drug-likeness (QED) is 0.0551. The molecular weight excluding hydrogens is 893 g/mol. The normalized spacial score (nSPS) is 13.5. The number of rotatable bonds is 13. The second-order valence-corrected chi connectivity index (χ2v) is 18.2. The summed E-state index contributed by atoms with van der Waals surface area (Å²) in [4.78, 5) is 52.3. The van der Waals surface area contributed by atoms with Gasteiger partial charge in [0.15, 0.2) is 0 Å². The third-order valence-electron chi connectivity index (χ3n) is 9.98. The Morgan fingerprint density at radius 1 is 0.582 bits per heavy atom. The number of urea groups is 3. The molecule has 6 aromatic rings. The van der Waals surface area contributed by atoms with Crippen LogP contribution in [0.3, 0.4) is 0 Å². The van der Waals surface area contributed by atoms with Gasteiger partial charge in [-0.3, -0.25) is 5.32 Å². The van der Waals surface area contributed by atoms with Gasteiger partial charge >= 0.3 is 24.2 Å². The first kappa shape index (κ1) is 46.5. The maximum absolute atomic E-state index is 13.5. The van der Waals surface area contributed by atoms with Gasteiger partial charge in [0, 0.05) is 56.7 Å². The lowest BCUT2D eigenvalue weighted by molar-refractivity contribution is 0.215. The molecule has 2 atom stereocenters. The number of carbonyl (C=O) groups is 4. The van der Waals surface area contributed by atoms with Crippen LogP contribution in [0, 0.1) is 6.92 Å². The van der Waals surface area contributed by atoms with Crippen molar-refractivity contribution in [2.45, 2.75) is 32.5 Å². The van der Waals surface area contributed by atoms with E-state index in [9.17, 15) is 31.8 Å². The molecule has 0 fully saturated rings. The Morgan fingerprint density at radius 3 is 1.64 bits per heavy atom. The summed E-state index contributed by atoms with van der Waals surface area (Å²) in [7, 11) is -3.58. The van der Waals surface area contributed by atoms with Crippen LogP contribution in [-0.2, 0) is 20.6 Å². The first-order valence-corrected chi connectivity index (χ1v) is 23.1. The van der Waals surface area contributed by atoms with E-state index in [2.05, 4.69) is 49.1 Å². The van der Waals surface area contributed by atoms with Crippen LogP contribution in [0.4, 0.5) is 53.3 Å². The zero-order valence-electron chi connectivity index (χ0n) is 36.0. The lowest BCUT2D eigenvalue weighted by Gasteiger charge is -2.21. The molecule has 18 heteroatoms. The van der Waals surface area contributed by atoms with Crippen LogP contribution in [0.25, 0.3) is 0 Å². The Labute approximate surface area is 389 Å². The number of hydrogen-bond acceptors (Lipinski definition) is 9. The average molecular weight is 937 g/mol. The molecule has 0 saturated carbocycles. The molecule has 1 aliphatic carbocycles. The summed E-state index contributed by atoms with van der Waals surface area (Å²) in [6.45, 7) is 5.77. The molecule has 0 spiro atoms.